The van der Waals surface area contributed by atoms with E-state index in [-0.39, 0.29) is 5.75 Å². The van der Waals surface area contributed by atoms with Gasteiger partial charge >= 0.3 is 5.63 Å². The number of hydrogen-bond donors (Lipinski definition) is 1. The molecule has 0 spiro atoms. The molecule has 0 atom stereocenters. The first-order chi connectivity index (χ1) is 12.2. The largest absolute Gasteiger partial charge is 0.508 e. The van der Waals surface area contributed by atoms with Gasteiger partial charge in [-0.2, -0.15) is 0 Å². The summed E-state index contributed by atoms with van der Waals surface area (Å²) in [6.45, 7) is 0. The van der Waals surface area contributed by atoms with Crippen LogP contribution >= 0.6 is 11.3 Å². The zero-order chi connectivity index (χ0) is 17.2. The number of para-hydroxylation sites is 1. The number of hydrogen-bond acceptors (Lipinski definition) is 6. The maximum atomic E-state index is 12.2. The van der Waals surface area contributed by atoms with Crippen LogP contribution in [0.1, 0.15) is 5.56 Å². The number of phenolic OH excluding ortho intramolecular Hbond substituents is 1. The van der Waals surface area contributed by atoms with Gasteiger partial charge in [0.1, 0.15) is 11.3 Å². The quantitative estimate of drug-likeness (QED) is 0.440. The predicted molar refractivity (Wildman–Crippen MR) is 99.0 cm³/mol. The van der Waals surface area contributed by atoms with E-state index in [1.165, 1.54) is 11.3 Å². The second kappa shape index (κ2) is 6.33. The Labute approximate surface area is 146 Å². The van der Waals surface area contributed by atoms with E-state index in [0.717, 1.165) is 10.9 Å². The van der Waals surface area contributed by atoms with E-state index < -0.39 is 5.63 Å². The number of phenols is 1. The second-order valence-electron chi connectivity index (χ2n) is 5.35. The molecule has 0 fully saturated rings. The summed E-state index contributed by atoms with van der Waals surface area (Å²) in [5.41, 5.74) is 1.94. The van der Waals surface area contributed by atoms with Crippen molar-refractivity contribution < 1.29 is 9.52 Å². The maximum Gasteiger partial charge on any atom is 0.345 e. The number of aromatic nitrogens is 1. The van der Waals surface area contributed by atoms with Crippen molar-refractivity contribution in [2.45, 2.75) is 0 Å². The summed E-state index contributed by atoms with van der Waals surface area (Å²) < 4.78 is 5.34. The SMILES string of the molecule is O=c1oc2ccccc2cc1-c1csc(/N=C/c2ccc(O)cc2)n1. The number of rotatable bonds is 3. The van der Waals surface area contributed by atoms with Gasteiger partial charge in [-0.1, -0.05) is 18.2 Å². The van der Waals surface area contributed by atoms with Gasteiger partial charge in [-0.25, -0.2) is 14.8 Å². The smallest absolute Gasteiger partial charge is 0.345 e. The highest BCUT2D eigenvalue weighted by Gasteiger charge is 2.11. The van der Waals surface area contributed by atoms with Gasteiger partial charge in [0.05, 0.1) is 11.3 Å². The van der Waals surface area contributed by atoms with E-state index in [2.05, 4.69) is 9.98 Å². The molecule has 0 saturated carbocycles. The molecular formula is C19H12N2O3S. The third kappa shape index (κ3) is 3.20. The summed E-state index contributed by atoms with van der Waals surface area (Å²) in [7, 11) is 0. The third-order valence-corrected chi connectivity index (χ3v) is 4.38. The molecule has 2 heterocycles. The Bertz CT molecular complexity index is 1130. The Kier molecular flexibility index (Phi) is 3.87. The van der Waals surface area contributed by atoms with Gasteiger partial charge in [0, 0.05) is 17.0 Å². The molecule has 0 unspecified atom stereocenters. The number of nitrogens with zero attached hydrogens (tertiary/aromatic N) is 2. The summed E-state index contributed by atoms with van der Waals surface area (Å²) in [4.78, 5) is 20.9. The molecule has 5 nitrogen and oxygen atoms in total. The van der Waals surface area contributed by atoms with Crippen LogP contribution in [-0.2, 0) is 0 Å². The number of fused-ring (bicyclic) bond motifs is 1. The van der Waals surface area contributed by atoms with Crippen LogP contribution < -0.4 is 5.63 Å². The molecule has 0 aliphatic heterocycles. The van der Waals surface area contributed by atoms with Crippen LogP contribution in [0.2, 0.25) is 0 Å². The van der Waals surface area contributed by atoms with Crippen LogP contribution in [0.4, 0.5) is 5.13 Å². The molecule has 2 aromatic heterocycles. The van der Waals surface area contributed by atoms with E-state index in [9.17, 15) is 9.90 Å². The first kappa shape index (κ1) is 15.3. The lowest BCUT2D eigenvalue weighted by molar-refractivity contribution is 0.475. The van der Waals surface area contributed by atoms with Crippen molar-refractivity contribution in [1.82, 2.24) is 4.98 Å². The number of benzene rings is 2. The van der Waals surface area contributed by atoms with Gasteiger partial charge in [0.15, 0.2) is 0 Å². The Morgan fingerprint density at radius 2 is 1.92 bits per heavy atom. The maximum absolute atomic E-state index is 12.2. The number of aliphatic imine (C=N–C) groups is 1. The summed E-state index contributed by atoms with van der Waals surface area (Å²) in [5.74, 6) is 0.205. The highest BCUT2D eigenvalue weighted by atomic mass is 32.1. The molecule has 0 amide bonds. The fourth-order valence-corrected chi connectivity index (χ4v) is 3.04. The highest BCUT2D eigenvalue weighted by molar-refractivity contribution is 7.13. The molecule has 0 radical (unpaired) electrons. The van der Waals surface area contributed by atoms with Crippen molar-refractivity contribution in [3.05, 3.63) is 76.0 Å². The van der Waals surface area contributed by atoms with Crippen molar-refractivity contribution in [2.75, 3.05) is 0 Å². The molecule has 0 aliphatic rings. The first-order valence-electron chi connectivity index (χ1n) is 7.51. The minimum absolute atomic E-state index is 0.205. The number of thiazole rings is 1. The summed E-state index contributed by atoms with van der Waals surface area (Å²) in [6.07, 6.45) is 1.66. The molecule has 25 heavy (non-hydrogen) atoms. The van der Waals surface area contributed by atoms with Gasteiger partial charge in [-0.15, -0.1) is 11.3 Å². The van der Waals surface area contributed by atoms with Crippen LogP contribution in [-0.4, -0.2) is 16.3 Å². The van der Waals surface area contributed by atoms with E-state index >= 15 is 0 Å². The topological polar surface area (TPSA) is 75.7 Å². The van der Waals surface area contributed by atoms with E-state index in [0.29, 0.717) is 22.0 Å². The monoisotopic (exact) mass is 348 g/mol. The average molecular weight is 348 g/mol. The van der Waals surface area contributed by atoms with Gasteiger partial charge in [0.25, 0.3) is 0 Å². The Morgan fingerprint density at radius 1 is 1.12 bits per heavy atom. The zero-order valence-corrected chi connectivity index (χ0v) is 13.7. The van der Waals surface area contributed by atoms with E-state index in [1.54, 1.807) is 48.0 Å². The Morgan fingerprint density at radius 3 is 2.76 bits per heavy atom. The van der Waals surface area contributed by atoms with Crippen molar-refractivity contribution in [1.29, 1.82) is 0 Å². The fourth-order valence-electron chi connectivity index (χ4n) is 2.38. The molecule has 1 N–H and O–H groups in total. The van der Waals surface area contributed by atoms with E-state index in [1.807, 2.05) is 18.2 Å². The predicted octanol–water partition coefficient (Wildman–Crippen LogP) is 4.37. The van der Waals surface area contributed by atoms with Crippen LogP contribution in [0, 0.1) is 0 Å². The van der Waals surface area contributed by atoms with Crippen LogP contribution in [0.5, 0.6) is 5.75 Å². The van der Waals surface area contributed by atoms with Gasteiger partial charge < -0.3 is 9.52 Å². The third-order valence-electron chi connectivity index (χ3n) is 3.63. The zero-order valence-electron chi connectivity index (χ0n) is 12.9. The molecule has 122 valence electrons. The molecule has 4 aromatic rings. The minimum Gasteiger partial charge on any atom is -0.508 e. The van der Waals surface area contributed by atoms with Crippen molar-refractivity contribution in [3.8, 4) is 17.0 Å². The van der Waals surface area contributed by atoms with Crippen molar-refractivity contribution in [3.63, 3.8) is 0 Å². The summed E-state index contributed by atoms with van der Waals surface area (Å²) in [5, 5.41) is 12.4. The molecular weight excluding hydrogens is 336 g/mol. The van der Waals surface area contributed by atoms with Gasteiger partial charge in [0.2, 0.25) is 5.13 Å². The normalized spacial score (nSPS) is 11.4. The molecule has 4 rings (SSSR count). The second-order valence-corrected chi connectivity index (χ2v) is 6.19. The van der Waals surface area contributed by atoms with Crippen LogP contribution in [0.3, 0.4) is 0 Å². The fraction of sp³-hybridized carbons (Fsp3) is 0. The van der Waals surface area contributed by atoms with Crippen LogP contribution in [0.25, 0.3) is 22.2 Å². The molecule has 6 heteroatoms. The van der Waals surface area contributed by atoms with Crippen molar-refractivity contribution >= 4 is 33.7 Å². The lowest BCUT2D eigenvalue weighted by Gasteiger charge is -1.98. The molecule has 2 aromatic carbocycles. The first-order valence-corrected chi connectivity index (χ1v) is 8.39. The minimum atomic E-state index is -0.418. The molecule has 0 saturated heterocycles. The highest BCUT2D eigenvalue weighted by Crippen LogP contribution is 2.26. The Balaban J connectivity index is 1.66. The van der Waals surface area contributed by atoms with E-state index in [4.69, 9.17) is 4.42 Å². The van der Waals surface area contributed by atoms with Gasteiger partial charge in [-0.3, -0.25) is 0 Å². The lowest BCUT2D eigenvalue weighted by atomic mass is 10.1. The standard InChI is InChI=1S/C19H12N2O3S/c22-14-7-5-12(6-8-14)10-20-19-21-16(11-25-19)15-9-13-3-1-2-4-17(13)24-18(15)23/h1-11,22H/b20-10+. The van der Waals surface area contributed by atoms with Crippen molar-refractivity contribution in [2.24, 2.45) is 4.99 Å². The average Bonchev–Trinajstić information content (AvgIpc) is 3.09. The lowest BCUT2D eigenvalue weighted by Crippen LogP contribution is -2.02. The van der Waals surface area contributed by atoms with Gasteiger partial charge in [-0.05, 0) is 42.0 Å². The summed E-state index contributed by atoms with van der Waals surface area (Å²) >= 11 is 1.34. The number of aromatic hydroxyl groups is 1. The molecule has 0 aliphatic carbocycles. The summed E-state index contributed by atoms with van der Waals surface area (Å²) in [6, 6.07) is 15.8. The molecule has 0 bridgehead atoms. The van der Waals surface area contributed by atoms with Crippen LogP contribution in [0.15, 0.2) is 74.2 Å². The Hall–Kier alpha value is -3.25.